The molecular weight excluding hydrogens is 517 g/mol. The van der Waals surface area contributed by atoms with Crippen LogP contribution in [0.5, 0.6) is 5.75 Å². The zero-order valence-electron chi connectivity index (χ0n) is 19.6. The van der Waals surface area contributed by atoms with Gasteiger partial charge in [-0.2, -0.15) is 0 Å². The number of ether oxygens (including phenoxy) is 2. The van der Waals surface area contributed by atoms with Crippen LogP contribution in [0.3, 0.4) is 0 Å². The molecule has 1 heterocycles. The van der Waals surface area contributed by atoms with Gasteiger partial charge in [0, 0.05) is 11.1 Å². The van der Waals surface area contributed by atoms with E-state index in [-0.39, 0.29) is 40.4 Å². The average molecular weight is 538 g/mol. The Hall–Kier alpha value is -3.88. The van der Waals surface area contributed by atoms with E-state index in [1.54, 1.807) is 79.7 Å². The summed E-state index contributed by atoms with van der Waals surface area (Å²) in [5, 5.41) is 11.1. The molecule has 6 nitrogen and oxygen atoms in total. The molecule has 37 heavy (non-hydrogen) atoms. The van der Waals surface area contributed by atoms with Crippen molar-refractivity contribution >= 4 is 46.4 Å². The normalized spacial score (nSPS) is 15.3. The molecule has 1 aliphatic heterocycles. The van der Waals surface area contributed by atoms with Gasteiger partial charge in [0.25, 0.3) is 5.91 Å². The number of hydrogen-bond acceptors (Lipinski definition) is 6. The van der Waals surface area contributed by atoms with Crippen molar-refractivity contribution in [1.29, 1.82) is 0 Å². The number of amides is 1. The molecule has 9 heteroatoms. The first-order valence-electron chi connectivity index (χ1n) is 11.2. The van der Waals surface area contributed by atoms with Crippen molar-refractivity contribution in [2.45, 2.75) is 13.5 Å². The maximum atomic E-state index is 13.9. The lowest BCUT2D eigenvalue weighted by molar-refractivity contribution is -0.138. The van der Waals surface area contributed by atoms with Crippen LogP contribution in [0.2, 0.25) is 5.02 Å². The standard InChI is InChI=1S/C28H21ClFNO5S/c1-2-35-28(34)24-25(32)23(37-27(24)31-26(33)18-8-4-3-5-9-18)15-17-12-13-22(20(29)14-17)36-16-19-10-6-7-11-21(19)30/h3-15,32H,2,16H2,1H3/b23-15-,31-27?. The van der Waals surface area contributed by atoms with Crippen LogP contribution in [0.25, 0.3) is 6.08 Å². The number of aliphatic hydroxyl groups is 1. The first-order chi connectivity index (χ1) is 17.9. The van der Waals surface area contributed by atoms with Crippen LogP contribution in [0.1, 0.15) is 28.4 Å². The summed E-state index contributed by atoms with van der Waals surface area (Å²) in [7, 11) is 0. The van der Waals surface area contributed by atoms with Crippen molar-refractivity contribution in [3.8, 4) is 5.75 Å². The van der Waals surface area contributed by atoms with Crippen LogP contribution in [0.15, 0.2) is 94.0 Å². The predicted octanol–water partition coefficient (Wildman–Crippen LogP) is 6.76. The van der Waals surface area contributed by atoms with Crippen LogP contribution < -0.4 is 4.74 Å². The van der Waals surface area contributed by atoms with Gasteiger partial charge in [-0.15, -0.1) is 0 Å². The quantitative estimate of drug-likeness (QED) is 0.335. The maximum Gasteiger partial charge on any atom is 0.344 e. The molecule has 0 aliphatic carbocycles. The second kappa shape index (κ2) is 11.9. The summed E-state index contributed by atoms with van der Waals surface area (Å²) in [5.41, 5.74) is 1.15. The number of esters is 1. The number of carbonyl (C=O) groups is 2. The van der Waals surface area contributed by atoms with Gasteiger partial charge in [0.15, 0.2) is 0 Å². The monoisotopic (exact) mass is 537 g/mol. The fourth-order valence-electron chi connectivity index (χ4n) is 3.38. The van der Waals surface area contributed by atoms with Crippen molar-refractivity contribution in [2.75, 3.05) is 6.61 Å². The Labute approximate surface area is 222 Å². The molecule has 0 unspecified atom stereocenters. The van der Waals surface area contributed by atoms with Crippen molar-refractivity contribution < 1.29 is 28.6 Å². The molecular formula is C28H21ClFNO5S. The van der Waals surface area contributed by atoms with E-state index in [1.807, 2.05) is 0 Å². The fraction of sp³-hybridized carbons (Fsp3) is 0.107. The minimum Gasteiger partial charge on any atom is -0.506 e. The molecule has 0 saturated carbocycles. The summed E-state index contributed by atoms with van der Waals surface area (Å²) in [6.07, 6.45) is 1.60. The van der Waals surface area contributed by atoms with Crippen molar-refractivity contribution in [2.24, 2.45) is 4.99 Å². The second-order valence-electron chi connectivity index (χ2n) is 7.71. The number of aliphatic imine (C=N–C) groups is 1. The molecule has 3 aromatic rings. The molecule has 0 radical (unpaired) electrons. The molecule has 1 amide bonds. The fourth-order valence-corrected chi connectivity index (χ4v) is 4.63. The molecule has 1 aliphatic rings. The van der Waals surface area contributed by atoms with E-state index in [1.165, 1.54) is 6.07 Å². The number of thioether (sulfide) groups is 1. The van der Waals surface area contributed by atoms with Gasteiger partial charge >= 0.3 is 5.97 Å². The molecule has 4 rings (SSSR count). The average Bonchev–Trinajstić information content (AvgIpc) is 3.19. The Balaban J connectivity index is 1.59. The van der Waals surface area contributed by atoms with Gasteiger partial charge in [0.2, 0.25) is 0 Å². The van der Waals surface area contributed by atoms with Gasteiger partial charge < -0.3 is 14.6 Å². The Morgan fingerprint density at radius 2 is 1.81 bits per heavy atom. The minimum absolute atomic E-state index is 0.00434. The molecule has 0 atom stereocenters. The van der Waals surface area contributed by atoms with Crippen LogP contribution in [-0.2, 0) is 16.1 Å². The lowest BCUT2D eigenvalue weighted by Gasteiger charge is -2.09. The lowest BCUT2D eigenvalue weighted by atomic mass is 10.1. The number of halogens is 2. The molecule has 0 aromatic heterocycles. The Bertz CT molecular complexity index is 1440. The third-order valence-electron chi connectivity index (χ3n) is 5.19. The number of benzene rings is 3. The van der Waals surface area contributed by atoms with Crippen molar-refractivity contribution in [3.63, 3.8) is 0 Å². The highest BCUT2D eigenvalue weighted by molar-refractivity contribution is 8.18. The highest BCUT2D eigenvalue weighted by atomic mass is 35.5. The van der Waals surface area contributed by atoms with E-state index < -0.39 is 11.9 Å². The molecule has 0 fully saturated rings. The number of rotatable bonds is 7. The van der Waals surface area contributed by atoms with E-state index in [0.717, 1.165) is 11.8 Å². The summed E-state index contributed by atoms with van der Waals surface area (Å²) in [6.45, 7) is 1.73. The molecule has 0 bridgehead atoms. The zero-order chi connectivity index (χ0) is 26.4. The van der Waals surface area contributed by atoms with E-state index in [9.17, 15) is 19.1 Å². The van der Waals surface area contributed by atoms with Crippen LogP contribution in [0, 0.1) is 5.82 Å². The van der Waals surface area contributed by atoms with Crippen LogP contribution >= 0.6 is 23.4 Å². The Morgan fingerprint density at radius 1 is 1.08 bits per heavy atom. The van der Waals surface area contributed by atoms with Gasteiger partial charge in [-0.3, -0.25) is 4.79 Å². The van der Waals surface area contributed by atoms with Gasteiger partial charge in [-0.05, 0) is 48.9 Å². The summed E-state index contributed by atoms with van der Waals surface area (Å²) in [4.78, 5) is 29.6. The summed E-state index contributed by atoms with van der Waals surface area (Å²) in [6, 6.07) is 19.6. The number of carbonyl (C=O) groups excluding carboxylic acids is 2. The lowest BCUT2D eigenvalue weighted by Crippen LogP contribution is -2.14. The highest BCUT2D eigenvalue weighted by Crippen LogP contribution is 2.40. The van der Waals surface area contributed by atoms with Gasteiger partial charge in [0.05, 0.1) is 16.5 Å². The number of aliphatic hydroxyl groups excluding tert-OH is 1. The Morgan fingerprint density at radius 3 is 2.51 bits per heavy atom. The molecule has 188 valence electrons. The maximum absolute atomic E-state index is 13.9. The smallest absolute Gasteiger partial charge is 0.344 e. The highest BCUT2D eigenvalue weighted by Gasteiger charge is 2.34. The first-order valence-corrected chi connectivity index (χ1v) is 12.4. The number of hydrogen-bond donors (Lipinski definition) is 1. The summed E-state index contributed by atoms with van der Waals surface area (Å²) in [5.74, 6) is -1.71. The summed E-state index contributed by atoms with van der Waals surface area (Å²) >= 11 is 7.34. The third-order valence-corrected chi connectivity index (χ3v) is 6.50. The van der Waals surface area contributed by atoms with E-state index >= 15 is 0 Å². The van der Waals surface area contributed by atoms with Crippen molar-refractivity contribution in [3.05, 3.63) is 117 Å². The number of nitrogens with zero attached hydrogens (tertiary/aromatic N) is 1. The largest absolute Gasteiger partial charge is 0.506 e. The molecule has 0 spiro atoms. The van der Waals surface area contributed by atoms with Crippen LogP contribution in [0.4, 0.5) is 4.39 Å². The van der Waals surface area contributed by atoms with Gasteiger partial charge in [0.1, 0.15) is 34.5 Å². The molecule has 3 aromatic carbocycles. The second-order valence-corrected chi connectivity index (χ2v) is 9.15. The van der Waals surface area contributed by atoms with Gasteiger partial charge in [-0.1, -0.05) is 65.8 Å². The van der Waals surface area contributed by atoms with E-state index in [4.69, 9.17) is 21.1 Å². The van der Waals surface area contributed by atoms with E-state index in [2.05, 4.69) is 4.99 Å². The van der Waals surface area contributed by atoms with Crippen molar-refractivity contribution in [1.82, 2.24) is 0 Å². The predicted molar refractivity (Wildman–Crippen MR) is 142 cm³/mol. The molecule has 1 N–H and O–H groups in total. The third kappa shape index (κ3) is 6.28. The first kappa shape index (κ1) is 26.2. The van der Waals surface area contributed by atoms with Crippen LogP contribution in [-0.4, -0.2) is 28.6 Å². The zero-order valence-corrected chi connectivity index (χ0v) is 21.2. The SMILES string of the molecule is CCOC(=O)C1=C(O)/C(=C/c2ccc(OCc3ccccc3F)c(Cl)c2)SC1=NC(=O)c1ccccc1. The summed E-state index contributed by atoms with van der Waals surface area (Å²) < 4.78 is 24.6. The topological polar surface area (TPSA) is 85.2 Å². The van der Waals surface area contributed by atoms with Gasteiger partial charge in [-0.25, -0.2) is 14.2 Å². The minimum atomic E-state index is -0.787. The Kier molecular flexibility index (Phi) is 8.43. The molecule has 0 saturated heterocycles. The van der Waals surface area contributed by atoms with E-state index in [0.29, 0.717) is 27.3 Å².